The average molecular weight is 416 g/mol. The Bertz CT molecular complexity index is 836. The quantitative estimate of drug-likeness (QED) is 0.538. The molecule has 2 rings (SSSR count). The summed E-state index contributed by atoms with van der Waals surface area (Å²) in [5, 5.41) is 11.9. The van der Waals surface area contributed by atoms with Crippen LogP contribution in [0.15, 0.2) is 30.3 Å². The first-order chi connectivity index (χ1) is 13.4. The monoisotopic (exact) mass is 416 g/mol. The molecule has 0 aliphatic rings. The molecule has 2 aromatic rings. The molecule has 7 nitrogen and oxygen atoms in total. The number of halogens is 4. The largest absolute Gasteiger partial charge is 0.455 e. The van der Waals surface area contributed by atoms with Crippen molar-refractivity contribution >= 4 is 11.9 Å². The normalized spacial score (nSPS) is 11.7. The summed E-state index contributed by atoms with van der Waals surface area (Å²) >= 11 is 0. The van der Waals surface area contributed by atoms with Gasteiger partial charge < -0.3 is 20.1 Å². The van der Waals surface area contributed by atoms with E-state index >= 15 is 0 Å². The minimum Gasteiger partial charge on any atom is -0.455 e. The molecule has 0 aliphatic heterocycles. The van der Waals surface area contributed by atoms with Crippen molar-refractivity contribution in [2.75, 3.05) is 18.4 Å². The van der Waals surface area contributed by atoms with E-state index in [1.165, 1.54) is 12.1 Å². The van der Waals surface area contributed by atoms with Gasteiger partial charge in [-0.3, -0.25) is 0 Å². The van der Waals surface area contributed by atoms with E-state index in [1.807, 2.05) is 0 Å². The second-order valence-electron chi connectivity index (χ2n) is 6.85. The lowest BCUT2D eigenvalue weighted by Crippen LogP contribution is -2.35. The Morgan fingerprint density at radius 3 is 2.31 bits per heavy atom. The number of aromatic nitrogens is 2. The van der Waals surface area contributed by atoms with E-state index in [-0.39, 0.29) is 24.7 Å². The van der Waals surface area contributed by atoms with Crippen molar-refractivity contribution in [3.05, 3.63) is 41.8 Å². The van der Waals surface area contributed by atoms with E-state index in [0.717, 1.165) is 18.2 Å². The van der Waals surface area contributed by atoms with E-state index in [4.69, 9.17) is 9.47 Å². The van der Waals surface area contributed by atoms with Crippen LogP contribution in [-0.2, 0) is 10.9 Å². The Hall–Kier alpha value is -3.11. The standard InChI is InChI=1S/C18H20F4N4O3/c1-17(2,3)29-16(27)24-9-8-23-14-10-13(15(26-25-14)18(20,21)22)28-12-6-4-11(19)5-7-12/h4-7,10H,8-9H2,1-3H3,(H,23,25)(H,24,27). The fourth-order valence-corrected chi connectivity index (χ4v) is 2.03. The number of alkyl halides is 3. The molecule has 0 atom stereocenters. The highest BCUT2D eigenvalue weighted by atomic mass is 19.4. The van der Waals surface area contributed by atoms with Crippen LogP contribution in [0, 0.1) is 5.82 Å². The Labute approximate surface area is 164 Å². The van der Waals surface area contributed by atoms with Gasteiger partial charge in [-0.1, -0.05) is 0 Å². The Morgan fingerprint density at radius 2 is 1.72 bits per heavy atom. The Balaban J connectivity index is 2.04. The van der Waals surface area contributed by atoms with Crippen molar-refractivity contribution in [1.82, 2.24) is 15.5 Å². The number of rotatable bonds is 6. The number of hydrogen-bond donors (Lipinski definition) is 2. The molecule has 1 heterocycles. The van der Waals surface area contributed by atoms with Gasteiger partial charge in [-0.05, 0) is 45.0 Å². The van der Waals surface area contributed by atoms with E-state index in [0.29, 0.717) is 0 Å². The lowest BCUT2D eigenvalue weighted by Gasteiger charge is -2.19. The first kappa shape index (κ1) is 22.2. The predicted molar refractivity (Wildman–Crippen MR) is 96.2 cm³/mol. The zero-order valence-electron chi connectivity index (χ0n) is 15.9. The van der Waals surface area contributed by atoms with Crippen LogP contribution in [0.4, 0.5) is 28.2 Å². The highest BCUT2D eigenvalue weighted by molar-refractivity contribution is 5.67. The van der Waals surface area contributed by atoms with Crippen molar-refractivity contribution in [2.45, 2.75) is 32.5 Å². The van der Waals surface area contributed by atoms with Crippen molar-refractivity contribution in [3.63, 3.8) is 0 Å². The number of hydrogen-bond acceptors (Lipinski definition) is 6. The molecule has 0 aliphatic carbocycles. The topological polar surface area (TPSA) is 85.4 Å². The molecule has 2 N–H and O–H groups in total. The number of ether oxygens (including phenoxy) is 2. The molecule has 0 saturated carbocycles. The summed E-state index contributed by atoms with van der Waals surface area (Å²) in [7, 11) is 0. The van der Waals surface area contributed by atoms with Crippen LogP contribution in [0.5, 0.6) is 11.5 Å². The van der Waals surface area contributed by atoms with Crippen LogP contribution in [0.1, 0.15) is 26.5 Å². The smallest absolute Gasteiger partial charge is 0.438 e. The zero-order chi connectivity index (χ0) is 21.7. The first-order valence-electron chi connectivity index (χ1n) is 8.53. The molecule has 0 saturated heterocycles. The summed E-state index contributed by atoms with van der Waals surface area (Å²) in [6.07, 6.45) is -5.42. The number of alkyl carbamates (subject to hydrolysis) is 1. The van der Waals surface area contributed by atoms with Crippen molar-refractivity contribution in [1.29, 1.82) is 0 Å². The highest BCUT2D eigenvalue weighted by Gasteiger charge is 2.37. The van der Waals surface area contributed by atoms with Gasteiger partial charge in [0, 0.05) is 19.2 Å². The van der Waals surface area contributed by atoms with Crippen LogP contribution in [0.25, 0.3) is 0 Å². The Kier molecular flexibility index (Phi) is 6.83. The predicted octanol–water partition coefficient (Wildman–Crippen LogP) is 4.36. The SMILES string of the molecule is CC(C)(C)OC(=O)NCCNc1cc(Oc2ccc(F)cc2)c(C(F)(F)F)nn1. The van der Waals surface area contributed by atoms with E-state index in [9.17, 15) is 22.4 Å². The minimum absolute atomic E-state index is 0.00102. The van der Waals surface area contributed by atoms with Gasteiger partial charge in [0.05, 0.1) is 0 Å². The first-order valence-corrected chi connectivity index (χ1v) is 8.53. The zero-order valence-corrected chi connectivity index (χ0v) is 15.9. The molecule has 1 aromatic heterocycles. The third-order valence-electron chi connectivity index (χ3n) is 3.17. The molecule has 0 radical (unpaired) electrons. The number of nitrogens with zero attached hydrogens (tertiary/aromatic N) is 2. The molecule has 0 fully saturated rings. The summed E-state index contributed by atoms with van der Waals surface area (Å²) in [5.74, 6) is -1.15. The lowest BCUT2D eigenvalue weighted by atomic mass is 10.2. The molecule has 1 aromatic carbocycles. The van der Waals surface area contributed by atoms with Gasteiger partial charge in [-0.25, -0.2) is 9.18 Å². The summed E-state index contributed by atoms with van der Waals surface area (Å²) in [6.45, 7) is 5.42. The maximum absolute atomic E-state index is 13.2. The molecule has 0 spiro atoms. The fourth-order valence-electron chi connectivity index (χ4n) is 2.03. The third kappa shape index (κ3) is 7.43. The third-order valence-corrected chi connectivity index (χ3v) is 3.17. The van der Waals surface area contributed by atoms with Crippen molar-refractivity contribution in [2.24, 2.45) is 0 Å². The number of carbonyl (C=O) groups excluding carboxylic acids is 1. The molecule has 0 bridgehead atoms. The van der Waals surface area contributed by atoms with Gasteiger partial charge in [-0.15, -0.1) is 10.2 Å². The number of benzene rings is 1. The van der Waals surface area contributed by atoms with Crippen molar-refractivity contribution < 1.29 is 31.8 Å². The molecule has 11 heteroatoms. The summed E-state index contributed by atoms with van der Waals surface area (Å²) in [4.78, 5) is 11.5. The molecular weight excluding hydrogens is 396 g/mol. The summed E-state index contributed by atoms with van der Waals surface area (Å²) in [6, 6.07) is 5.51. The van der Waals surface area contributed by atoms with Crippen LogP contribution in [-0.4, -0.2) is 35.0 Å². The van der Waals surface area contributed by atoms with Gasteiger partial charge in [0.2, 0.25) is 5.69 Å². The van der Waals surface area contributed by atoms with Crippen LogP contribution in [0.3, 0.4) is 0 Å². The molecule has 0 unspecified atom stereocenters. The molecule has 29 heavy (non-hydrogen) atoms. The summed E-state index contributed by atoms with van der Waals surface area (Å²) in [5.41, 5.74) is -1.97. The Morgan fingerprint density at radius 1 is 1.07 bits per heavy atom. The summed E-state index contributed by atoms with van der Waals surface area (Å²) < 4.78 is 62.7. The van der Waals surface area contributed by atoms with Gasteiger partial charge in [0.15, 0.2) is 11.6 Å². The van der Waals surface area contributed by atoms with Gasteiger partial charge >= 0.3 is 12.3 Å². The van der Waals surface area contributed by atoms with Crippen LogP contribution >= 0.6 is 0 Å². The highest BCUT2D eigenvalue weighted by Crippen LogP contribution is 2.37. The second kappa shape index (κ2) is 8.93. The molecule has 1 amide bonds. The number of carbonyl (C=O) groups is 1. The van der Waals surface area contributed by atoms with Gasteiger partial charge in [-0.2, -0.15) is 13.2 Å². The number of amides is 1. The number of nitrogens with one attached hydrogen (secondary N) is 2. The molecule has 158 valence electrons. The molecular formula is C18H20F4N4O3. The fraction of sp³-hybridized carbons (Fsp3) is 0.389. The van der Waals surface area contributed by atoms with E-state index < -0.39 is 35.1 Å². The van der Waals surface area contributed by atoms with Crippen LogP contribution < -0.4 is 15.4 Å². The van der Waals surface area contributed by atoms with Gasteiger partial charge in [0.25, 0.3) is 0 Å². The second-order valence-corrected chi connectivity index (χ2v) is 6.85. The lowest BCUT2D eigenvalue weighted by molar-refractivity contribution is -0.142. The van der Waals surface area contributed by atoms with Gasteiger partial charge in [0.1, 0.15) is 17.2 Å². The minimum atomic E-state index is -4.79. The van der Waals surface area contributed by atoms with Crippen LogP contribution in [0.2, 0.25) is 0 Å². The van der Waals surface area contributed by atoms with E-state index in [2.05, 4.69) is 20.8 Å². The maximum Gasteiger partial charge on any atom is 0.438 e. The van der Waals surface area contributed by atoms with E-state index in [1.54, 1.807) is 20.8 Å². The average Bonchev–Trinajstić information content (AvgIpc) is 2.58. The van der Waals surface area contributed by atoms with Crippen molar-refractivity contribution in [3.8, 4) is 11.5 Å². The maximum atomic E-state index is 13.2. The number of anilines is 1.